The minimum atomic E-state index is -4.50. The Bertz CT molecular complexity index is 939. The summed E-state index contributed by atoms with van der Waals surface area (Å²) in [6, 6.07) is 11.8. The first-order chi connectivity index (χ1) is 14.7. The molecule has 5 nitrogen and oxygen atoms in total. The van der Waals surface area contributed by atoms with Crippen LogP contribution in [-0.2, 0) is 27.2 Å². The quantitative estimate of drug-likeness (QED) is 0.580. The van der Waals surface area contributed by atoms with Crippen LogP contribution >= 0.6 is 0 Å². The number of rotatable bonds is 8. The number of carbonyl (C=O) groups is 1. The number of oxime groups is 1. The average Bonchev–Trinajstić information content (AvgIpc) is 3.15. The lowest BCUT2D eigenvalue weighted by atomic mass is 9.85. The smallest absolute Gasteiger partial charge is 0.416 e. The Morgan fingerprint density at radius 2 is 1.84 bits per heavy atom. The molecule has 1 N–H and O–H groups in total. The summed E-state index contributed by atoms with van der Waals surface area (Å²) in [6.07, 6.45) is -4.34. The van der Waals surface area contributed by atoms with Crippen molar-refractivity contribution in [2.24, 2.45) is 5.16 Å². The second kappa shape index (κ2) is 9.09. The largest absolute Gasteiger partial charge is 0.478 e. The normalized spacial score (nSPS) is 19.6. The number of aliphatic carboxylic acids is 1. The number of nitrogens with zero attached hydrogens (tertiary/aromatic N) is 1. The van der Waals surface area contributed by atoms with E-state index < -0.39 is 29.4 Å². The van der Waals surface area contributed by atoms with Gasteiger partial charge in [0, 0.05) is 6.42 Å². The Morgan fingerprint density at radius 3 is 2.39 bits per heavy atom. The first kappa shape index (κ1) is 22.8. The maximum atomic E-state index is 13.0. The predicted octanol–water partition coefficient (Wildman–Crippen LogP) is 5.67. The van der Waals surface area contributed by atoms with Gasteiger partial charge in [-0.2, -0.15) is 13.2 Å². The van der Waals surface area contributed by atoms with Crippen LogP contribution in [0.3, 0.4) is 0 Å². The van der Waals surface area contributed by atoms with Crippen molar-refractivity contribution in [3.63, 3.8) is 0 Å². The third-order valence-electron chi connectivity index (χ3n) is 5.21. The maximum Gasteiger partial charge on any atom is 0.416 e. The lowest BCUT2D eigenvalue weighted by Gasteiger charge is -2.31. The van der Waals surface area contributed by atoms with Crippen LogP contribution in [0.25, 0.3) is 0 Å². The molecule has 0 fully saturated rings. The van der Waals surface area contributed by atoms with Crippen LogP contribution in [0.4, 0.5) is 13.2 Å². The SMILES string of the molecule is CCCC1=NOC(C(=O)O)(C(OCc2ccc(C)cc2)c2ccc(C(F)(F)F)cc2)C1. The van der Waals surface area contributed by atoms with Gasteiger partial charge >= 0.3 is 12.1 Å². The van der Waals surface area contributed by atoms with Crippen molar-refractivity contribution in [3.8, 4) is 0 Å². The number of hydrogen-bond acceptors (Lipinski definition) is 4. The molecule has 1 heterocycles. The molecular formula is C23H24F3NO4. The number of aryl methyl sites for hydroxylation is 1. The fourth-order valence-electron chi connectivity index (χ4n) is 3.51. The zero-order valence-corrected chi connectivity index (χ0v) is 17.3. The van der Waals surface area contributed by atoms with Crippen LogP contribution in [0.1, 0.15) is 54.5 Å². The number of alkyl halides is 3. The highest BCUT2D eigenvalue weighted by Gasteiger charge is 2.54. The van der Waals surface area contributed by atoms with Gasteiger partial charge in [-0.05, 0) is 36.6 Å². The fourth-order valence-corrected chi connectivity index (χ4v) is 3.51. The molecule has 2 aromatic carbocycles. The van der Waals surface area contributed by atoms with Crippen molar-refractivity contribution in [3.05, 3.63) is 70.8 Å². The molecule has 31 heavy (non-hydrogen) atoms. The summed E-state index contributed by atoms with van der Waals surface area (Å²) in [5.74, 6) is -1.28. The Labute approximate surface area is 178 Å². The van der Waals surface area contributed by atoms with Crippen molar-refractivity contribution < 1.29 is 32.6 Å². The minimum absolute atomic E-state index is 0.00421. The second-order valence-electron chi connectivity index (χ2n) is 7.67. The highest BCUT2D eigenvalue weighted by molar-refractivity contribution is 5.93. The summed E-state index contributed by atoms with van der Waals surface area (Å²) in [6.45, 7) is 3.94. The number of ether oxygens (including phenoxy) is 1. The molecule has 1 aliphatic rings. The Balaban J connectivity index is 1.94. The van der Waals surface area contributed by atoms with Crippen LogP contribution in [-0.4, -0.2) is 22.4 Å². The van der Waals surface area contributed by atoms with Gasteiger partial charge in [0.2, 0.25) is 0 Å². The van der Waals surface area contributed by atoms with E-state index in [-0.39, 0.29) is 18.6 Å². The van der Waals surface area contributed by atoms with E-state index in [2.05, 4.69) is 5.16 Å². The van der Waals surface area contributed by atoms with Gasteiger partial charge in [0.05, 0.1) is 17.9 Å². The van der Waals surface area contributed by atoms with Gasteiger partial charge in [-0.15, -0.1) is 0 Å². The summed E-state index contributed by atoms with van der Waals surface area (Å²) in [7, 11) is 0. The number of carboxylic acid groups (broad SMARTS) is 1. The molecule has 166 valence electrons. The third-order valence-corrected chi connectivity index (χ3v) is 5.21. The molecule has 0 saturated heterocycles. The zero-order valence-electron chi connectivity index (χ0n) is 17.3. The summed E-state index contributed by atoms with van der Waals surface area (Å²) in [5, 5.41) is 14.0. The van der Waals surface area contributed by atoms with Crippen molar-refractivity contribution >= 4 is 11.7 Å². The minimum Gasteiger partial charge on any atom is -0.478 e. The predicted molar refractivity (Wildman–Crippen MR) is 109 cm³/mol. The Morgan fingerprint density at radius 1 is 1.19 bits per heavy atom. The molecule has 0 spiro atoms. The average molecular weight is 435 g/mol. The first-order valence-electron chi connectivity index (χ1n) is 9.97. The summed E-state index contributed by atoms with van der Waals surface area (Å²) in [5.41, 5.74) is 0.0384. The van der Waals surface area contributed by atoms with Gasteiger partial charge < -0.3 is 14.7 Å². The van der Waals surface area contributed by atoms with Crippen molar-refractivity contribution in [2.75, 3.05) is 0 Å². The molecule has 1 aliphatic heterocycles. The molecule has 2 unspecified atom stereocenters. The van der Waals surface area contributed by atoms with Gasteiger partial charge in [0.15, 0.2) is 0 Å². The van der Waals surface area contributed by atoms with E-state index in [1.54, 1.807) is 0 Å². The topological polar surface area (TPSA) is 68.1 Å². The molecule has 0 radical (unpaired) electrons. The molecule has 0 amide bonds. The van der Waals surface area contributed by atoms with Gasteiger partial charge in [-0.3, -0.25) is 0 Å². The van der Waals surface area contributed by atoms with Crippen molar-refractivity contribution in [2.45, 2.75) is 57.6 Å². The van der Waals surface area contributed by atoms with E-state index in [1.165, 1.54) is 12.1 Å². The fraction of sp³-hybridized carbons (Fsp3) is 0.391. The van der Waals surface area contributed by atoms with E-state index in [0.29, 0.717) is 12.1 Å². The first-order valence-corrected chi connectivity index (χ1v) is 9.97. The number of carboxylic acids is 1. The Kier molecular flexibility index (Phi) is 6.69. The molecule has 0 aliphatic carbocycles. The van der Waals surface area contributed by atoms with Crippen LogP contribution in [0.2, 0.25) is 0 Å². The summed E-state index contributed by atoms with van der Waals surface area (Å²) in [4.78, 5) is 17.7. The van der Waals surface area contributed by atoms with Crippen LogP contribution in [0, 0.1) is 6.92 Å². The monoisotopic (exact) mass is 435 g/mol. The van der Waals surface area contributed by atoms with Crippen molar-refractivity contribution in [1.29, 1.82) is 0 Å². The van der Waals surface area contributed by atoms with Crippen LogP contribution in [0.5, 0.6) is 0 Å². The van der Waals surface area contributed by atoms with Gasteiger partial charge in [-0.25, -0.2) is 4.79 Å². The lowest BCUT2D eigenvalue weighted by Crippen LogP contribution is -2.46. The lowest BCUT2D eigenvalue weighted by molar-refractivity contribution is -0.187. The molecular weight excluding hydrogens is 411 g/mol. The van der Waals surface area contributed by atoms with E-state index >= 15 is 0 Å². The summed E-state index contributed by atoms with van der Waals surface area (Å²) < 4.78 is 45.0. The molecule has 0 bridgehead atoms. The molecule has 0 saturated carbocycles. The van der Waals surface area contributed by atoms with Crippen molar-refractivity contribution in [1.82, 2.24) is 0 Å². The number of hydrogen-bond donors (Lipinski definition) is 1. The number of halogens is 3. The molecule has 2 aromatic rings. The standard InChI is InChI=1S/C23H24F3NO4/c1-3-4-19-13-22(21(28)29,31-27-19)20(30-14-16-7-5-15(2)6-8-16)17-9-11-18(12-10-17)23(24,25)26/h5-12,20H,3-4,13-14H2,1-2H3,(H,28,29). The van der Waals surface area contributed by atoms with Crippen LogP contribution in [0.15, 0.2) is 53.7 Å². The van der Waals surface area contributed by atoms with Gasteiger partial charge in [0.1, 0.15) is 6.10 Å². The molecule has 0 aromatic heterocycles. The third kappa shape index (κ3) is 5.07. The highest BCUT2D eigenvalue weighted by Crippen LogP contribution is 2.42. The van der Waals surface area contributed by atoms with E-state index in [9.17, 15) is 23.1 Å². The molecule has 2 atom stereocenters. The van der Waals surface area contributed by atoms with Gasteiger partial charge in [-0.1, -0.05) is 60.5 Å². The van der Waals surface area contributed by atoms with E-state index in [1.807, 2.05) is 38.1 Å². The number of benzene rings is 2. The van der Waals surface area contributed by atoms with Gasteiger partial charge in [0.25, 0.3) is 5.60 Å². The molecule has 3 rings (SSSR count). The summed E-state index contributed by atoms with van der Waals surface area (Å²) >= 11 is 0. The van der Waals surface area contributed by atoms with Crippen LogP contribution < -0.4 is 0 Å². The second-order valence-corrected chi connectivity index (χ2v) is 7.67. The highest BCUT2D eigenvalue weighted by atomic mass is 19.4. The zero-order chi connectivity index (χ0) is 22.6. The van der Waals surface area contributed by atoms with E-state index in [0.717, 1.165) is 29.7 Å². The molecule has 8 heteroatoms. The maximum absolute atomic E-state index is 13.0. The Hall–Kier alpha value is -2.87. The van der Waals surface area contributed by atoms with E-state index in [4.69, 9.17) is 9.57 Å².